The molecule has 1 aromatic carbocycles. The lowest BCUT2D eigenvalue weighted by Gasteiger charge is -2.08. The first-order valence-corrected chi connectivity index (χ1v) is 6.94. The molecule has 0 atom stereocenters. The summed E-state index contributed by atoms with van der Waals surface area (Å²) >= 11 is 6.16. The topological polar surface area (TPSA) is 61.8 Å². The number of hydrogen-bond donors (Lipinski definition) is 0. The van der Waals surface area contributed by atoms with Crippen molar-refractivity contribution in [3.63, 3.8) is 0 Å². The van der Waals surface area contributed by atoms with E-state index in [1.807, 2.05) is 12.1 Å². The van der Waals surface area contributed by atoms with E-state index in [4.69, 9.17) is 19.4 Å². The number of halogens is 1. The van der Waals surface area contributed by atoms with Gasteiger partial charge in [0.25, 0.3) is 5.56 Å². The van der Waals surface area contributed by atoms with Crippen molar-refractivity contribution < 1.29 is 0 Å². The van der Waals surface area contributed by atoms with Gasteiger partial charge in [-0.25, -0.2) is 4.79 Å². The zero-order valence-corrected chi connectivity index (χ0v) is 12.8. The summed E-state index contributed by atoms with van der Waals surface area (Å²) < 4.78 is 3.92. The highest BCUT2D eigenvalue weighted by Crippen LogP contribution is 2.17. The van der Waals surface area contributed by atoms with Crippen molar-refractivity contribution in [2.24, 2.45) is 14.1 Å². The van der Waals surface area contributed by atoms with E-state index in [2.05, 4.69) is 4.98 Å². The van der Waals surface area contributed by atoms with Crippen LogP contribution in [-0.2, 0) is 20.6 Å². The second-order valence-electron chi connectivity index (χ2n) is 5.09. The Hall–Kier alpha value is -2.28. The summed E-state index contributed by atoms with van der Waals surface area (Å²) in [6.07, 6.45) is 0. The first-order valence-electron chi connectivity index (χ1n) is 6.56. The van der Waals surface area contributed by atoms with E-state index >= 15 is 0 Å². The summed E-state index contributed by atoms with van der Waals surface area (Å²) in [5.74, 6) is 0. The number of fused-ring (bicyclic) bond motifs is 1. The van der Waals surface area contributed by atoms with Gasteiger partial charge in [0.15, 0.2) is 11.2 Å². The standard InChI is InChI=1S/C14H12BClN4O2/c1-18-11-10(12(21)19(2)14(18)22)20(13(16)17-11)7-8-4-3-5-9(15)6-8/h3-6H,7H2,1-2H3. The molecule has 0 spiro atoms. The van der Waals surface area contributed by atoms with Crippen LogP contribution in [-0.4, -0.2) is 26.5 Å². The Morgan fingerprint density at radius 3 is 2.64 bits per heavy atom. The molecule has 2 aromatic heterocycles. The van der Waals surface area contributed by atoms with Gasteiger partial charge < -0.3 is 4.57 Å². The van der Waals surface area contributed by atoms with E-state index < -0.39 is 11.2 Å². The molecule has 3 aromatic rings. The molecule has 8 heteroatoms. The van der Waals surface area contributed by atoms with Crippen LogP contribution in [0, 0.1) is 0 Å². The number of hydrogen-bond acceptors (Lipinski definition) is 3. The molecular formula is C14H12BClN4O2. The smallest absolute Gasteiger partial charge is 0.304 e. The minimum absolute atomic E-state index is 0.149. The molecule has 110 valence electrons. The molecule has 0 saturated carbocycles. The van der Waals surface area contributed by atoms with Crippen molar-refractivity contribution in [3.05, 3.63) is 56.0 Å². The van der Waals surface area contributed by atoms with Crippen LogP contribution in [0.4, 0.5) is 0 Å². The number of imidazole rings is 1. The second kappa shape index (κ2) is 5.17. The number of benzene rings is 1. The zero-order valence-electron chi connectivity index (χ0n) is 12.1. The van der Waals surface area contributed by atoms with Crippen molar-refractivity contribution in [2.45, 2.75) is 6.54 Å². The summed E-state index contributed by atoms with van der Waals surface area (Å²) in [7, 11) is 8.75. The van der Waals surface area contributed by atoms with Crippen LogP contribution in [0.2, 0.25) is 5.28 Å². The van der Waals surface area contributed by atoms with Gasteiger partial charge in [0.1, 0.15) is 7.85 Å². The minimum atomic E-state index is -0.442. The molecule has 0 fully saturated rings. The summed E-state index contributed by atoms with van der Waals surface area (Å²) in [6.45, 7) is 0.341. The van der Waals surface area contributed by atoms with Gasteiger partial charge >= 0.3 is 5.69 Å². The second-order valence-corrected chi connectivity index (χ2v) is 5.43. The molecule has 0 aliphatic heterocycles. The lowest BCUT2D eigenvalue weighted by molar-refractivity contribution is 0.702. The van der Waals surface area contributed by atoms with Gasteiger partial charge in [-0.1, -0.05) is 29.7 Å². The van der Waals surface area contributed by atoms with Gasteiger partial charge in [-0.05, 0) is 17.2 Å². The monoisotopic (exact) mass is 314 g/mol. The van der Waals surface area contributed by atoms with Crippen LogP contribution < -0.4 is 16.7 Å². The molecule has 22 heavy (non-hydrogen) atoms. The molecule has 0 aliphatic rings. The highest BCUT2D eigenvalue weighted by Gasteiger charge is 2.18. The molecule has 0 bridgehead atoms. The molecule has 2 heterocycles. The summed E-state index contributed by atoms with van der Waals surface area (Å²) in [5, 5.41) is 0.149. The van der Waals surface area contributed by atoms with Gasteiger partial charge in [0.05, 0.1) is 6.54 Å². The van der Waals surface area contributed by atoms with Crippen LogP contribution in [0.5, 0.6) is 0 Å². The molecule has 0 saturated heterocycles. The van der Waals surface area contributed by atoms with Crippen LogP contribution in [0.1, 0.15) is 5.56 Å². The fourth-order valence-corrected chi connectivity index (χ4v) is 2.66. The Kier molecular flexibility index (Phi) is 3.45. The maximum Gasteiger partial charge on any atom is 0.332 e. The highest BCUT2D eigenvalue weighted by atomic mass is 35.5. The third-order valence-corrected chi connectivity index (χ3v) is 3.88. The number of aryl methyl sites for hydroxylation is 1. The lowest BCUT2D eigenvalue weighted by Crippen LogP contribution is -2.37. The van der Waals surface area contributed by atoms with E-state index in [0.717, 1.165) is 10.1 Å². The van der Waals surface area contributed by atoms with Crippen molar-refractivity contribution in [2.75, 3.05) is 0 Å². The van der Waals surface area contributed by atoms with E-state index in [1.54, 1.807) is 23.7 Å². The Morgan fingerprint density at radius 1 is 1.23 bits per heavy atom. The van der Waals surface area contributed by atoms with Crippen LogP contribution in [0.3, 0.4) is 0 Å². The molecule has 3 rings (SSSR count). The highest BCUT2D eigenvalue weighted by molar-refractivity contribution is 6.32. The minimum Gasteiger partial charge on any atom is -0.304 e. The lowest BCUT2D eigenvalue weighted by atomic mass is 9.94. The Labute approximate surface area is 132 Å². The van der Waals surface area contributed by atoms with Crippen molar-refractivity contribution >= 4 is 36.1 Å². The van der Waals surface area contributed by atoms with E-state index in [0.29, 0.717) is 12.0 Å². The first kappa shape index (κ1) is 14.7. The van der Waals surface area contributed by atoms with Gasteiger partial charge in [-0.15, -0.1) is 0 Å². The number of rotatable bonds is 2. The van der Waals surface area contributed by atoms with Crippen LogP contribution in [0.15, 0.2) is 33.9 Å². The van der Waals surface area contributed by atoms with Crippen molar-refractivity contribution in [1.82, 2.24) is 18.7 Å². The molecule has 0 N–H and O–H groups in total. The zero-order chi connectivity index (χ0) is 16.0. The van der Waals surface area contributed by atoms with E-state index in [9.17, 15) is 9.59 Å². The molecule has 2 radical (unpaired) electrons. The Morgan fingerprint density at radius 2 is 1.95 bits per heavy atom. The van der Waals surface area contributed by atoms with Gasteiger partial charge in [0.2, 0.25) is 5.28 Å². The molecule has 0 amide bonds. The fraction of sp³-hybridized carbons (Fsp3) is 0.214. The maximum atomic E-state index is 12.4. The molecule has 0 unspecified atom stereocenters. The fourth-order valence-electron chi connectivity index (χ4n) is 2.44. The summed E-state index contributed by atoms with van der Waals surface area (Å²) in [4.78, 5) is 28.5. The van der Waals surface area contributed by atoms with Crippen LogP contribution >= 0.6 is 11.6 Å². The average Bonchev–Trinajstić information content (AvgIpc) is 2.80. The van der Waals surface area contributed by atoms with Gasteiger partial charge in [-0.2, -0.15) is 4.98 Å². The largest absolute Gasteiger partial charge is 0.332 e. The summed E-state index contributed by atoms with van der Waals surface area (Å²) in [6, 6.07) is 7.28. The van der Waals surface area contributed by atoms with Gasteiger partial charge in [0, 0.05) is 14.1 Å². The molecule has 6 nitrogen and oxygen atoms in total. The van der Waals surface area contributed by atoms with Gasteiger partial charge in [-0.3, -0.25) is 13.9 Å². The average molecular weight is 315 g/mol. The van der Waals surface area contributed by atoms with Crippen molar-refractivity contribution in [3.8, 4) is 0 Å². The Balaban J connectivity index is 2.29. The predicted octanol–water partition coefficient (Wildman–Crippen LogP) is -0.0708. The third-order valence-electron chi connectivity index (χ3n) is 3.59. The quantitative estimate of drug-likeness (QED) is 0.491. The van der Waals surface area contributed by atoms with E-state index in [1.165, 1.54) is 11.6 Å². The third kappa shape index (κ3) is 2.18. The summed E-state index contributed by atoms with van der Waals surface area (Å²) in [5.41, 5.74) is 1.19. The maximum absolute atomic E-state index is 12.4. The first-order chi connectivity index (χ1) is 10.4. The number of aromatic nitrogens is 4. The normalized spacial score (nSPS) is 11.2. The Bertz CT molecular complexity index is 1000. The van der Waals surface area contributed by atoms with E-state index in [-0.39, 0.29) is 16.4 Å². The molecular weight excluding hydrogens is 302 g/mol. The van der Waals surface area contributed by atoms with Crippen LogP contribution in [0.25, 0.3) is 11.2 Å². The SMILES string of the molecule is [B]c1cccc(Cn2c(Cl)nc3c2c(=O)n(C)c(=O)n3C)c1. The number of nitrogens with zero attached hydrogens (tertiary/aromatic N) is 4. The predicted molar refractivity (Wildman–Crippen MR) is 86.2 cm³/mol. The molecule has 0 aliphatic carbocycles. The van der Waals surface area contributed by atoms with Crippen molar-refractivity contribution in [1.29, 1.82) is 0 Å².